The second-order valence-electron chi connectivity index (χ2n) is 8.42. The minimum absolute atomic E-state index is 0.0385. The first kappa shape index (κ1) is 20.6. The molecule has 0 saturated carbocycles. The zero-order chi connectivity index (χ0) is 21.1. The number of hydrogen-bond donors (Lipinski definition) is 0. The Labute approximate surface area is 178 Å². The molecular weight excluding hydrogens is 378 g/mol. The first-order valence-electron chi connectivity index (χ1n) is 11.0. The van der Waals surface area contributed by atoms with E-state index in [0.29, 0.717) is 31.4 Å². The van der Waals surface area contributed by atoms with Crippen LogP contribution < -0.4 is 0 Å². The van der Waals surface area contributed by atoms with Crippen molar-refractivity contribution < 1.29 is 9.59 Å². The van der Waals surface area contributed by atoms with Crippen molar-refractivity contribution in [3.63, 3.8) is 0 Å². The second kappa shape index (κ2) is 9.00. The highest BCUT2D eigenvalue weighted by Gasteiger charge is 2.28. The molecule has 0 spiro atoms. The Morgan fingerprint density at radius 3 is 2.47 bits per heavy atom. The van der Waals surface area contributed by atoms with Gasteiger partial charge in [0.1, 0.15) is 0 Å². The lowest BCUT2D eigenvalue weighted by molar-refractivity contribution is -0.136. The number of benzene rings is 1. The van der Waals surface area contributed by atoms with Crippen molar-refractivity contribution in [2.75, 3.05) is 39.3 Å². The SMILES string of the molecule is Cc1cc(C(=O)N2CCN(CC(=O)N3CCCCC3C)CC2)nn1-c1ccccc1. The maximum Gasteiger partial charge on any atom is 0.274 e. The van der Waals surface area contributed by atoms with Crippen molar-refractivity contribution in [3.8, 4) is 5.69 Å². The fourth-order valence-electron chi connectivity index (χ4n) is 4.43. The lowest BCUT2D eigenvalue weighted by Gasteiger charge is -2.37. The third-order valence-corrected chi connectivity index (χ3v) is 6.25. The van der Waals surface area contributed by atoms with Crippen LogP contribution >= 0.6 is 0 Å². The van der Waals surface area contributed by atoms with Gasteiger partial charge in [0.25, 0.3) is 5.91 Å². The number of carbonyl (C=O) groups excluding carboxylic acids is 2. The minimum atomic E-state index is -0.0385. The van der Waals surface area contributed by atoms with Gasteiger partial charge in [-0.3, -0.25) is 14.5 Å². The summed E-state index contributed by atoms with van der Waals surface area (Å²) in [5.41, 5.74) is 2.36. The smallest absolute Gasteiger partial charge is 0.274 e. The van der Waals surface area contributed by atoms with Crippen LogP contribution in [0.4, 0.5) is 0 Å². The van der Waals surface area contributed by atoms with E-state index in [0.717, 1.165) is 43.9 Å². The summed E-state index contributed by atoms with van der Waals surface area (Å²) in [4.78, 5) is 31.7. The van der Waals surface area contributed by atoms with E-state index in [9.17, 15) is 9.59 Å². The molecule has 1 aromatic carbocycles. The Morgan fingerprint density at radius 1 is 1.03 bits per heavy atom. The normalized spacial score (nSPS) is 20.4. The van der Waals surface area contributed by atoms with Crippen LogP contribution in [0.1, 0.15) is 42.4 Å². The van der Waals surface area contributed by atoms with Crippen LogP contribution in [-0.2, 0) is 4.79 Å². The third kappa shape index (κ3) is 4.41. The Hall–Kier alpha value is -2.67. The molecule has 0 radical (unpaired) electrons. The lowest BCUT2D eigenvalue weighted by atomic mass is 10.0. The number of nitrogens with zero attached hydrogens (tertiary/aromatic N) is 5. The monoisotopic (exact) mass is 409 g/mol. The van der Waals surface area contributed by atoms with E-state index >= 15 is 0 Å². The van der Waals surface area contributed by atoms with Gasteiger partial charge in [0.2, 0.25) is 5.91 Å². The predicted octanol–water partition coefficient (Wildman–Crippen LogP) is 2.34. The van der Waals surface area contributed by atoms with E-state index in [1.807, 2.05) is 57.8 Å². The molecule has 30 heavy (non-hydrogen) atoms. The van der Waals surface area contributed by atoms with Crippen molar-refractivity contribution in [1.82, 2.24) is 24.5 Å². The highest BCUT2D eigenvalue weighted by Crippen LogP contribution is 2.18. The summed E-state index contributed by atoms with van der Waals surface area (Å²) in [6, 6.07) is 12.0. The van der Waals surface area contributed by atoms with E-state index in [-0.39, 0.29) is 11.8 Å². The molecule has 4 rings (SSSR count). The fraction of sp³-hybridized carbons (Fsp3) is 0.522. The molecule has 3 heterocycles. The van der Waals surface area contributed by atoms with Gasteiger partial charge in [0.15, 0.2) is 5.69 Å². The number of piperazine rings is 1. The van der Waals surface area contributed by atoms with Crippen molar-refractivity contribution in [1.29, 1.82) is 0 Å². The Morgan fingerprint density at radius 2 is 1.77 bits per heavy atom. The predicted molar refractivity (Wildman–Crippen MR) is 116 cm³/mol. The molecular formula is C23H31N5O2. The summed E-state index contributed by atoms with van der Waals surface area (Å²) in [5.74, 6) is 0.183. The molecule has 1 unspecified atom stereocenters. The lowest BCUT2D eigenvalue weighted by Crippen LogP contribution is -2.53. The molecule has 0 bridgehead atoms. The average molecular weight is 410 g/mol. The van der Waals surface area contributed by atoms with Crippen LogP contribution in [0.15, 0.2) is 36.4 Å². The van der Waals surface area contributed by atoms with Gasteiger partial charge in [-0.1, -0.05) is 18.2 Å². The number of piperidine rings is 1. The number of amides is 2. The number of carbonyl (C=O) groups is 2. The zero-order valence-corrected chi connectivity index (χ0v) is 18.0. The van der Waals surface area contributed by atoms with E-state index in [2.05, 4.69) is 16.9 Å². The minimum Gasteiger partial charge on any atom is -0.339 e. The number of para-hydroxylation sites is 1. The fourth-order valence-corrected chi connectivity index (χ4v) is 4.43. The van der Waals surface area contributed by atoms with Gasteiger partial charge in [-0.15, -0.1) is 0 Å². The first-order valence-corrected chi connectivity index (χ1v) is 11.0. The van der Waals surface area contributed by atoms with Crippen molar-refractivity contribution in [2.24, 2.45) is 0 Å². The summed E-state index contributed by atoms with van der Waals surface area (Å²) in [6.07, 6.45) is 3.42. The summed E-state index contributed by atoms with van der Waals surface area (Å²) >= 11 is 0. The number of hydrogen-bond acceptors (Lipinski definition) is 4. The van der Waals surface area contributed by atoms with Gasteiger partial charge < -0.3 is 9.80 Å². The standard InChI is InChI=1S/C23H31N5O2/c1-18-8-6-7-11-27(18)22(29)17-25-12-14-26(15-13-25)23(30)21-16-19(2)28(24-21)20-9-4-3-5-10-20/h3-5,9-10,16,18H,6-8,11-15,17H2,1-2H3. The van der Waals surface area contributed by atoms with Crippen molar-refractivity contribution >= 4 is 11.8 Å². The number of rotatable bonds is 4. The van der Waals surface area contributed by atoms with Crippen LogP contribution in [0, 0.1) is 6.92 Å². The van der Waals surface area contributed by atoms with E-state index < -0.39 is 0 Å². The molecule has 1 atom stereocenters. The first-order chi connectivity index (χ1) is 14.5. The van der Waals surface area contributed by atoms with Crippen LogP contribution in [0.3, 0.4) is 0 Å². The number of likely N-dealkylation sites (tertiary alicyclic amines) is 1. The highest BCUT2D eigenvalue weighted by molar-refractivity contribution is 5.92. The van der Waals surface area contributed by atoms with Gasteiger partial charge >= 0.3 is 0 Å². The highest BCUT2D eigenvalue weighted by atomic mass is 16.2. The quantitative estimate of drug-likeness (QED) is 0.778. The van der Waals surface area contributed by atoms with Crippen LogP contribution in [-0.4, -0.2) is 81.6 Å². The Kier molecular flexibility index (Phi) is 6.18. The molecule has 0 N–H and O–H groups in total. The molecule has 2 fully saturated rings. The molecule has 2 aromatic rings. The Balaban J connectivity index is 1.33. The van der Waals surface area contributed by atoms with Crippen LogP contribution in [0.2, 0.25) is 0 Å². The van der Waals surface area contributed by atoms with Gasteiger partial charge in [-0.05, 0) is 51.3 Å². The molecule has 0 aliphatic carbocycles. The molecule has 2 saturated heterocycles. The van der Waals surface area contributed by atoms with Crippen LogP contribution in [0.25, 0.3) is 5.69 Å². The maximum absolute atomic E-state index is 13.0. The Bertz CT molecular complexity index is 886. The van der Waals surface area contributed by atoms with Gasteiger partial charge in [-0.2, -0.15) is 5.10 Å². The molecule has 160 valence electrons. The van der Waals surface area contributed by atoms with Gasteiger partial charge in [0.05, 0.1) is 12.2 Å². The summed E-state index contributed by atoms with van der Waals surface area (Å²) < 4.78 is 1.81. The van der Waals surface area contributed by atoms with Crippen molar-refractivity contribution in [2.45, 2.75) is 39.2 Å². The third-order valence-electron chi connectivity index (χ3n) is 6.25. The van der Waals surface area contributed by atoms with Crippen LogP contribution in [0.5, 0.6) is 0 Å². The molecule has 2 aliphatic heterocycles. The van der Waals surface area contributed by atoms with E-state index in [1.165, 1.54) is 6.42 Å². The summed E-state index contributed by atoms with van der Waals surface area (Å²) in [6.45, 7) is 8.12. The number of aromatic nitrogens is 2. The molecule has 7 nitrogen and oxygen atoms in total. The van der Waals surface area contributed by atoms with Gasteiger partial charge in [0, 0.05) is 44.5 Å². The molecule has 7 heteroatoms. The molecule has 2 amide bonds. The largest absolute Gasteiger partial charge is 0.339 e. The summed E-state index contributed by atoms with van der Waals surface area (Å²) in [7, 11) is 0. The van der Waals surface area contributed by atoms with Gasteiger partial charge in [-0.25, -0.2) is 4.68 Å². The molecule has 1 aromatic heterocycles. The summed E-state index contributed by atoms with van der Waals surface area (Å²) in [5, 5.41) is 4.54. The zero-order valence-electron chi connectivity index (χ0n) is 18.0. The van der Waals surface area contributed by atoms with E-state index in [1.54, 1.807) is 0 Å². The molecule has 2 aliphatic rings. The van der Waals surface area contributed by atoms with E-state index in [4.69, 9.17) is 0 Å². The topological polar surface area (TPSA) is 61.7 Å². The maximum atomic E-state index is 13.0. The average Bonchev–Trinajstić information content (AvgIpc) is 3.16. The number of aryl methyl sites for hydroxylation is 1. The second-order valence-corrected chi connectivity index (χ2v) is 8.42. The van der Waals surface area contributed by atoms with Crippen molar-refractivity contribution in [3.05, 3.63) is 47.8 Å².